The minimum absolute atomic E-state index is 0.0765. The third-order valence-corrected chi connectivity index (χ3v) is 4.14. The minimum atomic E-state index is 0.0765. The van der Waals surface area contributed by atoms with Crippen LogP contribution in [0.25, 0.3) is 0 Å². The molecule has 2 aromatic rings. The van der Waals surface area contributed by atoms with Crippen molar-refractivity contribution in [2.75, 3.05) is 19.6 Å². The number of nitrogens with zero attached hydrogens (tertiary/aromatic N) is 1. The van der Waals surface area contributed by atoms with Crippen molar-refractivity contribution in [3.8, 4) is 5.75 Å². The van der Waals surface area contributed by atoms with Crippen molar-refractivity contribution in [2.45, 2.75) is 32.4 Å². The van der Waals surface area contributed by atoms with Crippen LogP contribution in [0.5, 0.6) is 5.75 Å². The molecule has 1 aliphatic rings. The van der Waals surface area contributed by atoms with Gasteiger partial charge in [-0.25, -0.2) is 0 Å². The number of nitrogens with one attached hydrogen (secondary N) is 1. The molecule has 1 unspecified atom stereocenters. The van der Waals surface area contributed by atoms with Crippen LogP contribution >= 0.6 is 0 Å². The molecule has 0 saturated heterocycles. The topological polar surface area (TPSA) is 54.7 Å². The number of hydrogen-bond donors (Lipinski definition) is 1. The average Bonchev–Trinajstić information content (AvgIpc) is 3.01. The van der Waals surface area contributed by atoms with Gasteiger partial charge in [0.2, 0.25) is 5.91 Å². The first-order chi connectivity index (χ1) is 11.7. The molecule has 0 bridgehead atoms. The number of fused-ring (bicyclic) bond motifs is 1. The zero-order valence-corrected chi connectivity index (χ0v) is 14.0. The fourth-order valence-electron chi connectivity index (χ4n) is 2.97. The normalized spacial score (nSPS) is 17.6. The van der Waals surface area contributed by atoms with Crippen LogP contribution in [0, 0.1) is 0 Å². The standard InChI is InChI=1S/C19H24N2O3/c1-15-13-21(14-16-5-2-3-7-18(16)24-15)11-9-19(22)20-10-8-17-6-4-12-23-17/h2-7,12,15H,8-11,13-14H2,1H3,(H,20,22). The van der Waals surface area contributed by atoms with Gasteiger partial charge in [0.05, 0.1) is 6.26 Å². The molecule has 1 N–H and O–H groups in total. The maximum atomic E-state index is 12.0. The molecule has 3 rings (SSSR count). The van der Waals surface area contributed by atoms with Gasteiger partial charge in [0, 0.05) is 44.6 Å². The third-order valence-electron chi connectivity index (χ3n) is 4.14. The van der Waals surface area contributed by atoms with Crippen LogP contribution in [0.1, 0.15) is 24.7 Å². The van der Waals surface area contributed by atoms with Gasteiger partial charge < -0.3 is 14.5 Å². The Morgan fingerprint density at radius 2 is 2.17 bits per heavy atom. The van der Waals surface area contributed by atoms with Crippen LogP contribution in [0.4, 0.5) is 0 Å². The Hall–Kier alpha value is -2.27. The first kappa shape index (κ1) is 16.6. The van der Waals surface area contributed by atoms with Crippen LogP contribution in [0.2, 0.25) is 0 Å². The molecule has 0 spiro atoms. The smallest absolute Gasteiger partial charge is 0.221 e. The second kappa shape index (κ2) is 8.02. The quantitative estimate of drug-likeness (QED) is 0.886. The number of benzene rings is 1. The van der Waals surface area contributed by atoms with Gasteiger partial charge in [0.25, 0.3) is 0 Å². The lowest BCUT2D eigenvalue weighted by atomic mass is 10.2. The Morgan fingerprint density at radius 3 is 3.00 bits per heavy atom. The summed E-state index contributed by atoms with van der Waals surface area (Å²) in [5.74, 6) is 1.92. The van der Waals surface area contributed by atoms with Crippen molar-refractivity contribution in [3.63, 3.8) is 0 Å². The molecule has 1 aromatic heterocycles. The van der Waals surface area contributed by atoms with Crippen LogP contribution in [-0.2, 0) is 17.8 Å². The predicted octanol–water partition coefficient (Wildman–Crippen LogP) is 2.61. The van der Waals surface area contributed by atoms with Crippen molar-refractivity contribution < 1.29 is 13.9 Å². The maximum absolute atomic E-state index is 12.0. The molecule has 0 saturated carbocycles. The summed E-state index contributed by atoms with van der Waals surface area (Å²) in [5, 5.41) is 2.95. The summed E-state index contributed by atoms with van der Waals surface area (Å²) in [6, 6.07) is 11.9. The maximum Gasteiger partial charge on any atom is 0.221 e. The van der Waals surface area contributed by atoms with Gasteiger partial charge in [-0.15, -0.1) is 0 Å². The van der Waals surface area contributed by atoms with E-state index in [1.54, 1.807) is 6.26 Å². The molecule has 5 nitrogen and oxygen atoms in total. The molecule has 1 amide bonds. The highest BCUT2D eigenvalue weighted by molar-refractivity contribution is 5.76. The largest absolute Gasteiger partial charge is 0.489 e. The van der Waals surface area contributed by atoms with E-state index in [9.17, 15) is 4.79 Å². The third kappa shape index (κ3) is 4.61. The Labute approximate surface area is 142 Å². The molecule has 1 aliphatic heterocycles. The number of rotatable bonds is 6. The summed E-state index contributed by atoms with van der Waals surface area (Å²) in [5.41, 5.74) is 1.18. The molecular weight excluding hydrogens is 304 g/mol. The predicted molar refractivity (Wildman–Crippen MR) is 91.8 cm³/mol. The number of para-hydroxylation sites is 1. The summed E-state index contributed by atoms with van der Waals surface area (Å²) in [6.07, 6.45) is 2.99. The summed E-state index contributed by atoms with van der Waals surface area (Å²) in [6.45, 7) is 5.05. The van der Waals surface area contributed by atoms with Gasteiger partial charge in [0.1, 0.15) is 17.6 Å². The van der Waals surface area contributed by atoms with E-state index in [1.807, 2.05) is 30.3 Å². The van der Waals surface area contributed by atoms with E-state index < -0.39 is 0 Å². The molecule has 0 aliphatic carbocycles. The molecule has 0 radical (unpaired) electrons. The summed E-state index contributed by atoms with van der Waals surface area (Å²) in [4.78, 5) is 14.3. The number of hydrogen-bond acceptors (Lipinski definition) is 4. The second-order valence-electron chi connectivity index (χ2n) is 6.20. The fraction of sp³-hybridized carbons (Fsp3) is 0.421. The SMILES string of the molecule is CC1CN(CCC(=O)NCCc2ccco2)Cc2ccccc2O1. The van der Waals surface area contributed by atoms with Gasteiger partial charge in [-0.3, -0.25) is 9.69 Å². The molecule has 24 heavy (non-hydrogen) atoms. The van der Waals surface area contributed by atoms with E-state index >= 15 is 0 Å². The minimum Gasteiger partial charge on any atom is -0.489 e. The monoisotopic (exact) mass is 328 g/mol. The Bertz CT molecular complexity index is 654. The lowest BCUT2D eigenvalue weighted by molar-refractivity contribution is -0.121. The van der Waals surface area contributed by atoms with Gasteiger partial charge in [-0.05, 0) is 25.1 Å². The molecule has 2 heterocycles. The highest BCUT2D eigenvalue weighted by Crippen LogP contribution is 2.24. The molecule has 128 valence electrons. The van der Waals surface area contributed by atoms with Crippen molar-refractivity contribution in [3.05, 3.63) is 54.0 Å². The number of amides is 1. The summed E-state index contributed by atoms with van der Waals surface area (Å²) < 4.78 is 11.2. The zero-order valence-electron chi connectivity index (χ0n) is 14.0. The average molecular weight is 328 g/mol. The van der Waals surface area contributed by atoms with Gasteiger partial charge in [-0.1, -0.05) is 18.2 Å². The van der Waals surface area contributed by atoms with Crippen LogP contribution in [-0.4, -0.2) is 36.5 Å². The molecule has 1 aromatic carbocycles. The number of ether oxygens (including phenoxy) is 1. The van der Waals surface area contributed by atoms with Crippen molar-refractivity contribution >= 4 is 5.91 Å². The lowest BCUT2D eigenvalue weighted by Crippen LogP contribution is -2.35. The number of carbonyl (C=O) groups excluding carboxylic acids is 1. The van der Waals surface area contributed by atoms with E-state index in [0.29, 0.717) is 13.0 Å². The van der Waals surface area contributed by atoms with E-state index in [1.165, 1.54) is 5.56 Å². The highest BCUT2D eigenvalue weighted by atomic mass is 16.5. The first-order valence-electron chi connectivity index (χ1n) is 8.46. The number of carbonyl (C=O) groups is 1. The molecule has 5 heteroatoms. The van der Waals surface area contributed by atoms with Crippen molar-refractivity contribution in [1.29, 1.82) is 0 Å². The van der Waals surface area contributed by atoms with E-state index in [0.717, 1.165) is 37.6 Å². The fourth-order valence-corrected chi connectivity index (χ4v) is 2.97. The summed E-state index contributed by atoms with van der Waals surface area (Å²) >= 11 is 0. The van der Waals surface area contributed by atoms with Crippen LogP contribution in [0.3, 0.4) is 0 Å². The number of furan rings is 1. The van der Waals surface area contributed by atoms with Crippen LogP contribution in [0.15, 0.2) is 47.1 Å². The van der Waals surface area contributed by atoms with E-state index in [2.05, 4.69) is 23.2 Å². The Kier molecular flexibility index (Phi) is 5.54. The summed E-state index contributed by atoms with van der Waals surface area (Å²) in [7, 11) is 0. The Balaban J connectivity index is 1.44. The van der Waals surface area contributed by atoms with Gasteiger partial charge in [0.15, 0.2) is 0 Å². The van der Waals surface area contributed by atoms with Gasteiger partial charge >= 0.3 is 0 Å². The zero-order chi connectivity index (χ0) is 16.8. The van der Waals surface area contributed by atoms with Crippen molar-refractivity contribution in [2.24, 2.45) is 0 Å². The highest BCUT2D eigenvalue weighted by Gasteiger charge is 2.20. The van der Waals surface area contributed by atoms with Gasteiger partial charge in [-0.2, -0.15) is 0 Å². The Morgan fingerprint density at radius 1 is 1.29 bits per heavy atom. The second-order valence-corrected chi connectivity index (χ2v) is 6.20. The molecule has 1 atom stereocenters. The van der Waals surface area contributed by atoms with E-state index in [4.69, 9.17) is 9.15 Å². The molecule has 0 fully saturated rings. The van der Waals surface area contributed by atoms with Crippen molar-refractivity contribution in [1.82, 2.24) is 10.2 Å². The first-order valence-corrected chi connectivity index (χ1v) is 8.46. The van der Waals surface area contributed by atoms with E-state index in [-0.39, 0.29) is 12.0 Å². The molecular formula is C19H24N2O3. The lowest BCUT2D eigenvalue weighted by Gasteiger charge is -2.21. The van der Waals surface area contributed by atoms with Crippen LogP contribution < -0.4 is 10.1 Å².